The molecule has 0 aliphatic heterocycles. The molecule has 0 heterocycles. The monoisotopic (exact) mass is 404 g/mol. The number of hydrogen-bond acceptors (Lipinski definition) is 3. The predicted molar refractivity (Wildman–Crippen MR) is 95.4 cm³/mol. The number of guanidine groups is 1. The van der Waals surface area contributed by atoms with E-state index in [0.29, 0.717) is 36.9 Å². The zero-order valence-corrected chi connectivity index (χ0v) is 14.3. The highest BCUT2D eigenvalue weighted by atomic mass is 127. The number of benzene rings is 1. The smallest absolute Gasteiger partial charge is 0.251 e. The van der Waals surface area contributed by atoms with Crippen molar-refractivity contribution in [3.05, 3.63) is 42.5 Å². The minimum absolute atomic E-state index is 0. The van der Waals surface area contributed by atoms with Crippen LogP contribution in [0.3, 0.4) is 0 Å². The van der Waals surface area contributed by atoms with E-state index in [1.54, 1.807) is 37.5 Å². The lowest BCUT2D eigenvalue weighted by molar-refractivity contribution is 0.0955. The SMILES string of the molecule is C=CCNC(N)=NCCNC(=O)c1ccc(OC)cc1.I. The highest BCUT2D eigenvalue weighted by Gasteiger charge is 2.04. The molecule has 1 amide bonds. The predicted octanol–water partition coefficient (Wildman–Crippen LogP) is 1.13. The first-order valence-electron chi connectivity index (χ1n) is 6.24. The molecular formula is C14H21IN4O2. The summed E-state index contributed by atoms with van der Waals surface area (Å²) in [5.74, 6) is 0.899. The number of nitrogens with one attached hydrogen (secondary N) is 2. The number of aliphatic imine (C=N–C) groups is 1. The number of methoxy groups -OCH3 is 1. The summed E-state index contributed by atoms with van der Waals surface area (Å²) < 4.78 is 5.03. The molecule has 0 saturated carbocycles. The van der Waals surface area contributed by atoms with Gasteiger partial charge in [-0.2, -0.15) is 0 Å². The largest absolute Gasteiger partial charge is 0.497 e. The number of carbonyl (C=O) groups excluding carboxylic acids is 1. The van der Waals surface area contributed by atoms with Crippen molar-refractivity contribution in [3.8, 4) is 5.75 Å². The Labute approximate surface area is 141 Å². The van der Waals surface area contributed by atoms with Crippen molar-refractivity contribution in [2.24, 2.45) is 10.7 Å². The molecule has 1 aromatic rings. The Kier molecular flexibility index (Phi) is 10.0. The third-order valence-corrected chi connectivity index (χ3v) is 2.46. The van der Waals surface area contributed by atoms with Crippen molar-refractivity contribution in [3.63, 3.8) is 0 Å². The van der Waals surface area contributed by atoms with Crippen LogP contribution in [-0.4, -0.2) is 38.6 Å². The molecule has 0 aromatic heterocycles. The van der Waals surface area contributed by atoms with E-state index in [1.165, 1.54) is 0 Å². The van der Waals surface area contributed by atoms with E-state index >= 15 is 0 Å². The first kappa shape index (κ1) is 19.2. The highest BCUT2D eigenvalue weighted by molar-refractivity contribution is 14.0. The maximum Gasteiger partial charge on any atom is 0.251 e. The molecule has 0 unspecified atom stereocenters. The minimum atomic E-state index is -0.152. The lowest BCUT2D eigenvalue weighted by Crippen LogP contribution is -2.33. The normalized spacial score (nSPS) is 10.2. The second kappa shape index (κ2) is 11.0. The van der Waals surface area contributed by atoms with Crippen LogP contribution in [0.1, 0.15) is 10.4 Å². The number of halogens is 1. The van der Waals surface area contributed by atoms with E-state index in [-0.39, 0.29) is 29.9 Å². The zero-order chi connectivity index (χ0) is 14.8. The average Bonchev–Trinajstić information content (AvgIpc) is 2.49. The van der Waals surface area contributed by atoms with Gasteiger partial charge in [-0.15, -0.1) is 30.6 Å². The van der Waals surface area contributed by atoms with Gasteiger partial charge in [-0.3, -0.25) is 9.79 Å². The van der Waals surface area contributed by atoms with Gasteiger partial charge in [0.15, 0.2) is 5.96 Å². The number of amides is 1. The summed E-state index contributed by atoms with van der Waals surface area (Å²) in [4.78, 5) is 15.9. The molecule has 116 valence electrons. The van der Waals surface area contributed by atoms with Crippen molar-refractivity contribution in [1.29, 1.82) is 0 Å². The number of nitrogens with two attached hydrogens (primary N) is 1. The fourth-order valence-corrected chi connectivity index (χ4v) is 1.42. The zero-order valence-electron chi connectivity index (χ0n) is 12.0. The van der Waals surface area contributed by atoms with Crippen LogP contribution >= 0.6 is 24.0 Å². The maximum atomic E-state index is 11.8. The molecule has 1 rings (SSSR count). The fourth-order valence-electron chi connectivity index (χ4n) is 1.42. The molecule has 6 nitrogen and oxygen atoms in total. The quantitative estimate of drug-likeness (QED) is 0.209. The molecule has 4 N–H and O–H groups in total. The molecule has 7 heteroatoms. The standard InChI is InChI=1S/C14H20N4O2.HI/c1-3-8-17-14(15)18-10-9-16-13(19)11-4-6-12(20-2)7-5-11;/h3-7H,1,8-10H2,2H3,(H,16,19)(H3,15,17,18);1H. The second-order valence-corrected chi connectivity index (χ2v) is 3.92. The highest BCUT2D eigenvalue weighted by Crippen LogP contribution is 2.10. The molecule has 0 atom stereocenters. The number of hydrogen-bond donors (Lipinski definition) is 3. The molecule has 0 aliphatic carbocycles. The van der Waals surface area contributed by atoms with Gasteiger partial charge < -0.3 is 21.1 Å². The molecule has 0 fully saturated rings. The number of carbonyl (C=O) groups is 1. The van der Waals surface area contributed by atoms with Gasteiger partial charge in [-0.25, -0.2) is 0 Å². The molecule has 1 aromatic carbocycles. The second-order valence-electron chi connectivity index (χ2n) is 3.92. The van der Waals surface area contributed by atoms with Crippen molar-refractivity contribution in [2.45, 2.75) is 0 Å². The summed E-state index contributed by atoms with van der Waals surface area (Å²) in [7, 11) is 1.58. The van der Waals surface area contributed by atoms with E-state index in [9.17, 15) is 4.79 Å². The Morgan fingerprint density at radius 1 is 1.38 bits per heavy atom. The molecule has 0 bridgehead atoms. The molecule has 0 saturated heterocycles. The van der Waals surface area contributed by atoms with Gasteiger partial charge in [0.2, 0.25) is 0 Å². The molecule has 21 heavy (non-hydrogen) atoms. The molecular weight excluding hydrogens is 383 g/mol. The fraction of sp³-hybridized carbons (Fsp3) is 0.286. The van der Waals surface area contributed by atoms with Crippen molar-refractivity contribution < 1.29 is 9.53 Å². The number of ether oxygens (including phenoxy) is 1. The van der Waals surface area contributed by atoms with Crippen molar-refractivity contribution >= 4 is 35.8 Å². The Hall–Kier alpha value is -1.77. The van der Waals surface area contributed by atoms with Crippen LogP contribution in [0.5, 0.6) is 5.75 Å². The molecule has 0 aliphatic rings. The van der Waals surface area contributed by atoms with Crippen LogP contribution in [0.2, 0.25) is 0 Å². The van der Waals surface area contributed by atoms with Crippen LogP contribution in [0, 0.1) is 0 Å². The topological polar surface area (TPSA) is 88.7 Å². The summed E-state index contributed by atoms with van der Waals surface area (Å²) in [6, 6.07) is 6.89. The van der Waals surface area contributed by atoms with E-state index in [1.807, 2.05) is 0 Å². The first-order chi connectivity index (χ1) is 9.67. The summed E-state index contributed by atoms with van der Waals surface area (Å²) in [6.07, 6.45) is 1.69. The van der Waals surface area contributed by atoms with Gasteiger partial charge >= 0.3 is 0 Å². The minimum Gasteiger partial charge on any atom is -0.497 e. The van der Waals surface area contributed by atoms with Crippen LogP contribution < -0.4 is 21.1 Å². The van der Waals surface area contributed by atoms with Crippen LogP contribution in [-0.2, 0) is 0 Å². The van der Waals surface area contributed by atoms with Gasteiger partial charge in [-0.1, -0.05) is 6.08 Å². The third-order valence-electron chi connectivity index (χ3n) is 2.46. The molecule has 0 radical (unpaired) electrons. The summed E-state index contributed by atoms with van der Waals surface area (Å²) in [6.45, 7) is 4.95. The van der Waals surface area contributed by atoms with E-state index in [4.69, 9.17) is 10.5 Å². The van der Waals surface area contributed by atoms with E-state index < -0.39 is 0 Å². The third kappa shape index (κ3) is 7.54. The van der Waals surface area contributed by atoms with E-state index in [2.05, 4.69) is 22.2 Å². The van der Waals surface area contributed by atoms with Gasteiger partial charge in [0.05, 0.1) is 13.7 Å². The van der Waals surface area contributed by atoms with Gasteiger partial charge in [0.25, 0.3) is 5.91 Å². The maximum absolute atomic E-state index is 11.8. The van der Waals surface area contributed by atoms with Crippen molar-refractivity contribution in [2.75, 3.05) is 26.7 Å². The van der Waals surface area contributed by atoms with Crippen LogP contribution in [0.25, 0.3) is 0 Å². The number of nitrogens with zero attached hydrogens (tertiary/aromatic N) is 1. The number of rotatable bonds is 7. The Bertz CT molecular complexity index is 474. The summed E-state index contributed by atoms with van der Waals surface area (Å²) >= 11 is 0. The summed E-state index contributed by atoms with van der Waals surface area (Å²) in [5, 5.41) is 5.61. The average molecular weight is 404 g/mol. The van der Waals surface area contributed by atoms with Gasteiger partial charge in [-0.05, 0) is 24.3 Å². The lowest BCUT2D eigenvalue weighted by atomic mass is 10.2. The van der Waals surface area contributed by atoms with Crippen molar-refractivity contribution in [1.82, 2.24) is 10.6 Å². The van der Waals surface area contributed by atoms with E-state index in [0.717, 1.165) is 0 Å². The van der Waals surface area contributed by atoms with Crippen LogP contribution in [0.4, 0.5) is 0 Å². The summed E-state index contributed by atoms with van der Waals surface area (Å²) in [5.41, 5.74) is 6.16. The van der Waals surface area contributed by atoms with Gasteiger partial charge in [0, 0.05) is 18.7 Å². The lowest BCUT2D eigenvalue weighted by Gasteiger charge is -2.05. The Morgan fingerprint density at radius 3 is 2.62 bits per heavy atom. The molecule has 0 spiro atoms. The van der Waals surface area contributed by atoms with Crippen LogP contribution in [0.15, 0.2) is 41.9 Å². The Morgan fingerprint density at radius 2 is 2.05 bits per heavy atom. The first-order valence-corrected chi connectivity index (χ1v) is 6.24. The Balaban J connectivity index is 0.00000400. The van der Waals surface area contributed by atoms with Gasteiger partial charge in [0.1, 0.15) is 5.75 Å².